The van der Waals surface area contributed by atoms with Gasteiger partial charge >= 0.3 is 0 Å². The van der Waals surface area contributed by atoms with Gasteiger partial charge in [0.2, 0.25) is 5.75 Å². The molecule has 3 aromatic rings. The lowest BCUT2D eigenvalue weighted by Crippen LogP contribution is -1.99. The van der Waals surface area contributed by atoms with E-state index >= 15 is 0 Å². The van der Waals surface area contributed by atoms with Gasteiger partial charge < -0.3 is 38.8 Å². The number of benzene rings is 3. The molecule has 0 spiro atoms. The number of nitrogens with one attached hydrogen (secondary N) is 1. The smallest absolute Gasteiger partial charge is 0.203 e. The molecule has 0 aromatic heterocycles. The van der Waals surface area contributed by atoms with Gasteiger partial charge in [-0.05, 0) is 42.0 Å². The normalized spacial score (nSPS) is 10.9. The monoisotopic (exact) mass is 521 g/mol. The van der Waals surface area contributed by atoms with Crippen LogP contribution in [0, 0.1) is 0 Å². The van der Waals surface area contributed by atoms with Crippen LogP contribution in [-0.4, -0.2) is 53.5 Å². The molecule has 0 amide bonds. The number of allylic oxidation sites excluding steroid dienone is 1. The molecule has 0 unspecified atom stereocenters. The van der Waals surface area contributed by atoms with E-state index in [0.717, 1.165) is 11.1 Å². The zero-order valence-corrected chi connectivity index (χ0v) is 22.2. The second-order valence-electron chi connectivity index (χ2n) is 7.81. The van der Waals surface area contributed by atoms with Crippen LogP contribution in [0.25, 0.3) is 12.2 Å². The van der Waals surface area contributed by atoms with Gasteiger partial charge in [0, 0.05) is 35.2 Å². The van der Waals surface area contributed by atoms with E-state index in [-0.39, 0.29) is 17.3 Å². The first-order chi connectivity index (χ1) is 18.4. The minimum absolute atomic E-state index is 0.112. The highest BCUT2D eigenvalue weighted by Crippen LogP contribution is 2.39. The molecule has 0 bridgehead atoms. The summed E-state index contributed by atoms with van der Waals surface area (Å²) in [5.74, 6) is 2.49. The number of hydrogen-bond acceptors (Lipinski definition) is 9. The molecular weight excluding hydrogens is 490 g/mol. The molecule has 38 heavy (non-hydrogen) atoms. The molecule has 0 heterocycles. The van der Waals surface area contributed by atoms with E-state index in [1.54, 1.807) is 47.7 Å². The van der Waals surface area contributed by atoms with Gasteiger partial charge in [-0.25, -0.2) is 0 Å². The van der Waals surface area contributed by atoms with Crippen LogP contribution in [0.4, 0.5) is 5.69 Å². The molecule has 3 rings (SSSR count). The van der Waals surface area contributed by atoms with Crippen LogP contribution in [0.1, 0.15) is 21.5 Å². The lowest BCUT2D eigenvalue weighted by molar-refractivity contribution is 0.104. The van der Waals surface area contributed by atoms with Gasteiger partial charge in [0.05, 0.1) is 42.7 Å². The first-order valence-electron chi connectivity index (χ1n) is 11.5. The highest BCUT2D eigenvalue weighted by Gasteiger charge is 2.13. The van der Waals surface area contributed by atoms with E-state index in [1.165, 1.54) is 31.5 Å². The number of aromatic hydroxyl groups is 1. The third-order valence-electron chi connectivity index (χ3n) is 5.64. The molecule has 0 aliphatic carbocycles. The van der Waals surface area contributed by atoms with Gasteiger partial charge in [0.1, 0.15) is 0 Å². The summed E-state index contributed by atoms with van der Waals surface area (Å²) in [7, 11) is 9.21. The van der Waals surface area contributed by atoms with Crippen LogP contribution < -0.4 is 33.7 Å². The van der Waals surface area contributed by atoms with Gasteiger partial charge in [-0.15, -0.1) is 0 Å². The van der Waals surface area contributed by atoms with Crippen LogP contribution >= 0.6 is 0 Å². The molecule has 0 fully saturated rings. The molecule has 0 aliphatic rings. The Morgan fingerprint density at radius 3 is 1.87 bits per heavy atom. The van der Waals surface area contributed by atoms with E-state index in [1.807, 2.05) is 30.4 Å². The second-order valence-corrected chi connectivity index (χ2v) is 7.81. The standard InChI is InChI=1S/C29H31NO8/c1-33-24-10-9-20(15-23(24)32)22(31)11-12-30-21-17-26(35-3)25(34-2)16-19(21)8-7-18-13-27(36-4)29(38-6)28(14-18)37-5/h7-17,30,32H,1-6H3/b8-7-,12-11-. The fourth-order valence-corrected chi connectivity index (χ4v) is 3.69. The minimum Gasteiger partial charge on any atom is -0.504 e. The van der Waals surface area contributed by atoms with Crippen molar-refractivity contribution < 1.29 is 38.3 Å². The maximum absolute atomic E-state index is 12.6. The molecule has 200 valence electrons. The molecular formula is C29H31NO8. The van der Waals surface area contributed by atoms with Crippen LogP contribution in [0.3, 0.4) is 0 Å². The summed E-state index contributed by atoms with van der Waals surface area (Å²) in [5, 5.41) is 13.1. The van der Waals surface area contributed by atoms with Gasteiger partial charge in [-0.3, -0.25) is 4.79 Å². The largest absolute Gasteiger partial charge is 0.504 e. The summed E-state index contributed by atoms with van der Waals surface area (Å²) in [6.07, 6.45) is 6.64. The van der Waals surface area contributed by atoms with Gasteiger partial charge in [-0.2, -0.15) is 0 Å². The SMILES string of the molecule is COc1ccc(C(=O)/C=C\Nc2cc(OC)c(OC)cc2/C=C\c2cc(OC)c(OC)c(OC)c2)cc1O. The lowest BCUT2D eigenvalue weighted by atomic mass is 10.1. The summed E-state index contributed by atoms with van der Waals surface area (Å²) in [4.78, 5) is 12.6. The highest BCUT2D eigenvalue weighted by atomic mass is 16.5. The average molecular weight is 522 g/mol. The maximum atomic E-state index is 12.6. The van der Waals surface area contributed by atoms with Crippen molar-refractivity contribution in [3.63, 3.8) is 0 Å². The van der Waals surface area contributed by atoms with E-state index in [2.05, 4.69) is 5.32 Å². The van der Waals surface area contributed by atoms with Gasteiger partial charge in [-0.1, -0.05) is 12.2 Å². The number of carbonyl (C=O) groups is 1. The van der Waals surface area contributed by atoms with E-state index in [0.29, 0.717) is 40.0 Å². The number of anilines is 1. The number of phenols is 1. The molecule has 0 atom stereocenters. The first kappa shape index (κ1) is 27.8. The molecule has 3 aromatic carbocycles. The van der Waals surface area contributed by atoms with Crippen molar-refractivity contribution in [3.05, 3.63) is 71.4 Å². The van der Waals surface area contributed by atoms with Crippen molar-refractivity contribution >= 4 is 23.6 Å². The fraction of sp³-hybridized carbons (Fsp3) is 0.207. The summed E-state index contributed by atoms with van der Waals surface area (Å²) in [5.41, 5.74) is 2.55. The number of phenolic OH excluding ortho intramolecular Hbond substituents is 1. The molecule has 9 nitrogen and oxygen atoms in total. The Labute approximate surface area is 221 Å². The Bertz CT molecular complexity index is 1320. The van der Waals surface area contributed by atoms with Crippen molar-refractivity contribution in [2.24, 2.45) is 0 Å². The van der Waals surface area contributed by atoms with Crippen LogP contribution in [-0.2, 0) is 0 Å². The summed E-state index contributed by atoms with van der Waals surface area (Å²) < 4.78 is 32.2. The third kappa shape index (κ3) is 6.31. The lowest BCUT2D eigenvalue weighted by Gasteiger charge is -2.14. The molecule has 9 heteroatoms. The molecule has 0 saturated heterocycles. The van der Waals surface area contributed by atoms with Crippen LogP contribution in [0.15, 0.2) is 54.7 Å². The van der Waals surface area contributed by atoms with E-state index in [4.69, 9.17) is 28.4 Å². The quantitative estimate of drug-likeness (QED) is 0.184. The zero-order chi connectivity index (χ0) is 27.7. The van der Waals surface area contributed by atoms with E-state index < -0.39 is 0 Å². The van der Waals surface area contributed by atoms with Crippen molar-refractivity contribution in [1.29, 1.82) is 0 Å². The average Bonchev–Trinajstić information content (AvgIpc) is 2.95. The number of rotatable bonds is 12. The predicted octanol–water partition coefficient (Wildman–Crippen LogP) is 5.42. The zero-order valence-electron chi connectivity index (χ0n) is 22.2. The maximum Gasteiger partial charge on any atom is 0.203 e. The Balaban J connectivity index is 1.92. The van der Waals surface area contributed by atoms with Crippen LogP contribution in [0.2, 0.25) is 0 Å². The number of ketones is 1. The first-order valence-corrected chi connectivity index (χ1v) is 11.5. The Morgan fingerprint density at radius 1 is 0.711 bits per heavy atom. The fourth-order valence-electron chi connectivity index (χ4n) is 3.69. The third-order valence-corrected chi connectivity index (χ3v) is 5.64. The molecule has 0 saturated carbocycles. The number of ether oxygens (including phenoxy) is 6. The molecule has 0 radical (unpaired) electrons. The number of hydrogen-bond donors (Lipinski definition) is 2. The summed E-state index contributed by atoms with van der Waals surface area (Å²) >= 11 is 0. The van der Waals surface area contributed by atoms with E-state index in [9.17, 15) is 9.90 Å². The Morgan fingerprint density at radius 2 is 1.32 bits per heavy atom. The molecule has 2 N–H and O–H groups in total. The molecule has 0 aliphatic heterocycles. The highest BCUT2D eigenvalue weighted by molar-refractivity contribution is 6.05. The minimum atomic E-state index is -0.301. The Hall–Kier alpha value is -4.79. The van der Waals surface area contributed by atoms with Crippen molar-refractivity contribution in [3.8, 4) is 40.2 Å². The van der Waals surface area contributed by atoms with Crippen LogP contribution in [0.5, 0.6) is 40.2 Å². The summed E-state index contributed by atoms with van der Waals surface area (Å²) in [6.45, 7) is 0. The van der Waals surface area contributed by atoms with Gasteiger partial charge in [0.25, 0.3) is 0 Å². The summed E-state index contributed by atoms with van der Waals surface area (Å²) in [6, 6.07) is 11.7. The van der Waals surface area contributed by atoms with Gasteiger partial charge in [0.15, 0.2) is 40.3 Å². The number of carbonyl (C=O) groups excluding carboxylic acids is 1. The van der Waals surface area contributed by atoms with Crippen molar-refractivity contribution in [2.45, 2.75) is 0 Å². The van der Waals surface area contributed by atoms with Crippen molar-refractivity contribution in [2.75, 3.05) is 48.0 Å². The van der Waals surface area contributed by atoms with Crippen molar-refractivity contribution in [1.82, 2.24) is 0 Å². The number of methoxy groups -OCH3 is 6. The topological polar surface area (TPSA) is 105 Å². The Kier molecular flexibility index (Phi) is 9.48. The second kappa shape index (κ2) is 13.0. The predicted molar refractivity (Wildman–Crippen MR) is 146 cm³/mol.